The van der Waals surface area contributed by atoms with Crippen molar-refractivity contribution < 1.29 is 13.7 Å². The summed E-state index contributed by atoms with van der Waals surface area (Å²) in [5.41, 5.74) is 8.82. The first-order chi connectivity index (χ1) is 14.9. The molecule has 8 nitrogen and oxygen atoms in total. The normalized spacial score (nSPS) is 16.9. The number of fused-ring (bicyclic) bond motifs is 5. The number of ether oxygens (including phenoxy) is 1. The molecule has 0 radical (unpaired) electrons. The summed E-state index contributed by atoms with van der Waals surface area (Å²) in [5, 5.41) is 25.2. The summed E-state index contributed by atoms with van der Waals surface area (Å²) in [5.74, 6) is 0.365. The van der Waals surface area contributed by atoms with Crippen molar-refractivity contribution in [2.24, 2.45) is 0 Å². The van der Waals surface area contributed by atoms with Crippen molar-refractivity contribution in [3.05, 3.63) is 70.6 Å². The average molecular weight is 418 g/mol. The van der Waals surface area contributed by atoms with Crippen molar-refractivity contribution >= 4 is 11.5 Å². The molecule has 4 N–H and O–H groups in total. The highest BCUT2D eigenvalue weighted by Crippen LogP contribution is 2.36. The van der Waals surface area contributed by atoms with Crippen LogP contribution in [0.4, 0.5) is 10.2 Å². The number of benzene rings is 1. The number of nitrogens with zero attached hydrogens (tertiary/aromatic N) is 3. The van der Waals surface area contributed by atoms with Gasteiger partial charge in [-0.2, -0.15) is 5.26 Å². The number of anilines is 1. The number of allylic oxidation sites excluding steroid dienone is 1. The van der Waals surface area contributed by atoms with E-state index in [2.05, 4.69) is 15.5 Å². The Kier molecular flexibility index (Phi) is 5.13. The second-order valence-electron chi connectivity index (χ2n) is 7.05. The first-order valence-electron chi connectivity index (χ1n) is 9.49. The maximum atomic E-state index is 14.1. The van der Waals surface area contributed by atoms with E-state index in [1.54, 1.807) is 32.3 Å². The Morgan fingerprint density at radius 3 is 2.94 bits per heavy atom. The predicted molar refractivity (Wildman–Crippen MR) is 112 cm³/mol. The van der Waals surface area contributed by atoms with Crippen LogP contribution in [0.3, 0.4) is 0 Å². The number of nitriles is 1. The van der Waals surface area contributed by atoms with Gasteiger partial charge in [-0.15, -0.1) is 0 Å². The fourth-order valence-electron chi connectivity index (χ4n) is 3.59. The van der Waals surface area contributed by atoms with Crippen molar-refractivity contribution in [2.45, 2.75) is 19.4 Å². The van der Waals surface area contributed by atoms with E-state index < -0.39 is 11.9 Å². The van der Waals surface area contributed by atoms with Crippen LogP contribution >= 0.6 is 0 Å². The first-order valence-corrected chi connectivity index (χ1v) is 9.49. The molecule has 31 heavy (non-hydrogen) atoms. The molecule has 3 heterocycles. The molecule has 0 saturated heterocycles. The zero-order valence-electron chi connectivity index (χ0n) is 16.9. The van der Waals surface area contributed by atoms with Gasteiger partial charge in [-0.05, 0) is 31.2 Å². The summed E-state index contributed by atoms with van der Waals surface area (Å²) >= 11 is 0. The Morgan fingerprint density at radius 1 is 1.39 bits per heavy atom. The van der Waals surface area contributed by atoms with Crippen molar-refractivity contribution in [2.75, 3.05) is 12.8 Å². The Hall–Kier alpha value is -4.19. The Labute approximate surface area is 177 Å². The minimum absolute atomic E-state index is 0.0930. The molecule has 0 spiro atoms. The van der Waals surface area contributed by atoms with Crippen LogP contribution in [-0.2, 0) is 6.42 Å². The van der Waals surface area contributed by atoms with Gasteiger partial charge in [0, 0.05) is 48.1 Å². The number of nitrogen functional groups attached to an aromatic ring is 1. The lowest BCUT2D eigenvalue weighted by Gasteiger charge is -2.21. The van der Waals surface area contributed by atoms with Crippen LogP contribution in [0.1, 0.15) is 35.6 Å². The van der Waals surface area contributed by atoms with Gasteiger partial charge in [0.1, 0.15) is 18.0 Å². The minimum Gasteiger partial charge on any atom is -0.482 e. The largest absolute Gasteiger partial charge is 0.482 e. The number of aromatic nitrogens is 2. The molecule has 9 heteroatoms. The van der Waals surface area contributed by atoms with Gasteiger partial charge in [-0.3, -0.25) is 5.41 Å². The molecule has 0 saturated carbocycles. The van der Waals surface area contributed by atoms with Crippen molar-refractivity contribution in [3.8, 4) is 22.9 Å². The quantitative estimate of drug-likeness (QED) is 0.551. The molecule has 0 aliphatic carbocycles. The Morgan fingerprint density at radius 2 is 2.19 bits per heavy atom. The highest BCUT2D eigenvalue weighted by atomic mass is 19.1. The van der Waals surface area contributed by atoms with E-state index in [1.165, 1.54) is 18.3 Å². The zero-order valence-corrected chi connectivity index (χ0v) is 16.9. The van der Waals surface area contributed by atoms with Gasteiger partial charge >= 0.3 is 0 Å². The van der Waals surface area contributed by atoms with Gasteiger partial charge in [-0.1, -0.05) is 5.16 Å². The van der Waals surface area contributed by atoms with E-state index in [0.717, 1.165) is 0 Å². The van der Waals surface area contributed by atoms with Crippen molar-refractivity contribution in [1.29, 1.82) is 10.7 Å². The van der Waals surface area contributed by atoms with Crippen LogP contribution in [0.2, 0.25) is 0 Å². The van der Waals surface area contributed by atoms with Crippen LogP contribution in [0.15, 0.2) is 46.8 Å². The van der Waals surface area contributed by atoms with Gasteiger partial charge in [0.25, 0.3) is 0 Å². The van der Waals surface area contributed by atoms with Crippen LogP contribution in [-0.4, -0.2) is 22.9 Å². The second kappa shape index (κ2) is 7.91. The van der Waals surface area contributed by atoms with Gasteiger partial charge in [-0.25, -0.2) is 9.37 Å². The highest BCUT2D eigenvalue weighted by molar-refractivity contribution is 6.11. The third-order valence-electron chi connectivity index (χ3n) is 5.05. The SMILES string of the molecule is CN/C=C1/Cc2onc(C#N)c2-c2cnc(N)c(c2)OC(C)c2cc(F)ccc2C1=N. The molecular weight excluding hydrogens is 399 g/mol. The molecule has 0 fully saturated rings. The third-order valence-corrected chi connectivity index (χ3v) is 5.05. The fraction of sp³-hybridized carbons (Fsp3) is 0.182. The molecule has 1 aliphatic rings. The second-order valence-corrected chi connectivity index (χ2v) is 7.05. The Bertz CT molecular complexity index is 1260. The van der Waals surface area contributed by atoms with Gasteiger partial charge < -0.3 is 20.3 Å². The van der Waals surface area contributed by atoms with E-state index in [4.69, 9.17) is 20.4 Å². The monoisotopic (exact) mass is 418 g/mol. The number of halogens is 1. The van der Waals surface area contributed by atoms with Gasteiger partial charge in [0.15, 0.2) is 23.0 Å². The lowest BCUT2D eigenvalue weighted by molar-refractivity contribution is 0.227. The van der Waals surface area contributed by atoms with Crippen LogP contribution in [0, 0.1) is 22.6 Å². The molecule has 1 aromatic carbocycles. The number of nitrogens with two attached hydrogens (primary N) is 1. The van der Waals surface area contributed by atoms with Crippen molar-refractivity contribution in [1.82, 2.24) is 15.5 Å². The predicted octanol–water partition coefficient (Wildman–Crippen LogP) is 3.50. The summed E-state index contributed by atoms with van der Waals surface area (Å²) in [6.45, 7) is 1.75. The molecule has 2 aromatic heterocycles. The molecule has 2 bridgehead atoms. The third kappa shape index (κ3) is 3.59. The van der Waals surface area contributed by atoms with E-state index in [1.807, 2.05) is 6.07 Å². The van der Waals surface area contributed by atoms with E-state index in [0.29, 0.717) is 33.6 Å². The minimum atomic E-state index is -0.627. The molecule has 0 amide bonds. The number of rotatable bonds is 1. The Balaban J connectivity index is 2.00. The lowest BCUT2D eigenvalue weighted by Crippen LogP contribution is -2.16. The molecule has 156 valence electrons. The molecular formula is C22H19FN6O2. The fourth-order valence-corrected chi connectivity index (χ4v) is 3.59. The summed E-state index contributed by atoms with van der Waals surface area (Å²) in [4.78, 5) is 4.19. The molecule has 4 rings (SSSR count). The zero-order chi connectivity index (χ0) is 22.1. The number of pyridine rings is 1. The lowest BCUT2D eigenvalue weighted by atomic mass is 9.91. The topological polar surface area (TPSA) is 134 Å². The van der Waals surface area contributed by atoms with Crippen LogP contribution in [0.25, 0.3) is 11.1 Å². The highest BCUT2D eigenvalue weighted by Gasteiger charge is 2.26. The van der Waals surface area contributed by atoms with Gasteiger partial charge in [0.05, 0.1) is 11.3 Å². The van der Waals surface area contributed by atoms with Crippen LogP contribution < -0.4 is 15.8 Å². The number of hydrogen-bond donors (Lipinski definition) is 3. The smallest absolute Gasteiger partial charge is 0.191 e. The molecule has 1 aliphatic heterocycles. The molecule has 3 aromatic rings. The average Bonchev–Trinajstić information content (AvgIpc) is 3.16. The van der Waals surface area contributed by atoms with E-state index >= 15 is 0 Å². The van der Waals surface area contributed by atoms with E-state index in [-0.39, 0.29) is 29.4 Å². The number of hydrogen-bond acceptors (Lipinski definition) is 8. The van der Waals surface area contributed by atoms with E-state index in [9.17, 15) is 9.65 Å². The summed E-state index contributed by atoms with van der Waals surface area (Å²) in [6.07, 6.45) is 2.72. The first kappa shape index (κ1) is 20.1. The van der Waals surface area contributed by atoms with Crippen LogP contribution in [0.5, 0.6) is 5.75 Å². The molecule has 1 atom stereocenters. The summed E-state index contributed by atoms with van der Waals surface area (Å²) in [7, 11) is 1.71. The van der Waals surface area contributed by atoms with Crippen molar-refractivity contribution in [3.63, 3.8) is 0 Å². The molecule has 1 unspecified atom stereocenters. The summed E-state index contributed by atoms with van der Waals surface area (Å²) < 4.78 is 25.6. The number of nitrogens with one attached hydrogen (secondary N) is 2. The van der Waals surface area contributed by atoms with Gasteiger partial charge in [0.2, 0.25) is 0 Å². The maximum absolute atomic E-state index is 14.1. The summed E-state index contributed by atoms with van der Waals surface area (Å²) in [6, 6.07) is 7.87. The standard InChI is InChI=1S/C22H19FN6O2/c1-11-16-7-14(23)3-4-15(16)21(25)13(9-27-2)6-18-20(17(8-24)29-31-18)12-5-19(30-11)22(26)28-10-12/h3-5,7,9-11,25,27H,6H2,1-2H3,(H2,26,28)/b13-9-,25-21?. The maximum Gasteiger partial charge on any atom is 0.191 e.